The highest BCUT2D eigenvalue weighted by Gasteiger charge is 2.49. The molecular formula is C20H28N2O5S2. The van der Waals surface area contributed by atoms with Gasteiger partial charge in [-0.05, 0) is 25.0 Å². The van der Waals surface area contributed by atoms with Gasteiger partial charge in [0.25, 0.3) is 0 Å². The van der Waals surface area contributed by atoms with Crippen LogP contribution in [0.4, 0.5) is 5.69 Å². The zero-order valence-electron chi connectivity index (χ0n) is 17.1. The van der Waals surface area contributed by atoms with Crippen LogP contribution in [0.1, 0.15) is 40.0 Å². The molecule has 1 aromatic rings. The second-order valence-corrected chi connectivity index (χ2v) is 10.5. The Morgan fingerprint density at radius 3 is 2.48 bits per heavy atom. The highest BCUT2D eigenvalue weighted by Crippen LogP contribution is 2.43. The van der Waals surface area contributed by atoms with E-state index in [0.717, 1.165) is 18.5 Å². The lowest BCUT2D eigenvalue weighted by Crippen LogP contribution is -2.37. The molecule has 29 heavy (non-hydrogen) atoms. The van der Waals surface area contributed by atoms with E-state index in [0.29, 0.717) is 36.3 Å². The molecule has 0 spiro atoms. The number of nitrogens with zero attached hydrogens (tertiary/aromatic N) is 2. The number of carbonyl (C=O) groups is 1. The Balaban J connectivity index is 1.99. The Kier molecular flexibility index (Phi) is 7.10. The Bertz CT molecular complexity index is 885. The van der Waals surface area contributed by atoms with Crippen molar-refractivity contribution in [1.29, 1.82) is 0 Å². The molecule has 2 unspecified atom stereocenters. The van der Waals surface area contributed by atoms with Crippen molar-refractivity contribution in [3.8, 4) is 11.5 Å². The molecule has 2 fully saturated rings. The predicted molar refractivity (Wildman–Crippen MR) is 117 cm³/mol. The molecule has 2 saturated heterocycles. The van der Waals surface area contributed by atoms with E-state index in [4.69, 9.17) is 9.47 Å². The number of fused-ring (bicyclic) bond motifs is 1. The lowest BCUT2D eigenvalue weighted by Gasteiger charge is -2.25. The summed E-state index contributed by atoms with van der Waals surface area (Å²) in [5.74, 6) is 1.23. The van der Waals surface area contributed by atoms with Gasteiger partial charge in [-0.25, -0.2) is 8.42 Å². The van der Waals surface area contributed by atoms with Gasteiger partial charge in [0.1, 0.15) is 0 Å². The normalized spacial score (nSPS) is 24.0. The molecule has 2 heterocycles. The molecule has 1 aromatic carbocycles. The minimum Gasteiger partial charge on any atom is -0.490 e. The summed E-state index contributed by atoms with van der Waals surface area (Å²) in [6.07, 6.45) is 2.05. The first-order valence-electron chi connectivity index (χ1n) is 10.1. The molecule has 0 bridgehead atoms. The summed E-state index contributed by atoms with van der Waals surface area (Å²) in [6, 6.07) is 5.34. The van der Waals surface area contributed by atoms with Gasteiger partial charge < -0.3 is 14.4 Å². The molecule has 2 aliphatic heterocycles. The first-order valence-corrected chi connectivity index (χ1v) is 12.8. The first-order chi connectivity index (χ1) is 13.9. The number of rotatable bonds is 8. The van der Waals surface area contributed by atoms with Crippen LogP contribution in [-0.2, 0) is 14.6 Å². The van der Waals surface area contributed by atoms with Crippen molar-refractivity contribution < 1.29 is 22.7 Å². The van der Waals surface area contributed by atoms with Gasteiger partial charge in [-0.3, -0.25) is 4.79 Å². The summed E-state index contributed by atoms with van der Waals surface area (Å²) in [5.41, 5.74) is 0.764. The van der Waals surface area contributed by atoms with E-state index in [-0.39, 0.29) is 28.7 Å². The van der Waals surface area contributed by atoms with Crippen molar-refractivity contribution in [3.05, 3.63) is 18.2 Å². The van der Waals surface area contributed by atoms with E-state index in [2.05, 4.69) is 4.99 Å². The molecule has 2 aliphatic rings. The molecule has 0 saturated carbocycles. The molecule has 0 radical (unpaired) electrons. The van der Waals surface area contributed by atoms with Gasteiger partial charge >= 0.3 is 0 Å². The average molecular weight is 441 g/mol. The molecule has 1 amide bonds. The SMILES string of the molecule is CCCOc1ccc(N2C(=NC(=O)CC)SC3CS(=O)(=O)CC32)cc1OCCC. The van der Waals surface area contributed by atoms with Crippen LogP contribution in [0.25, 0.3) is 0 Å². The fourth-order valence-electron chi connectivity index (χ4n) is 3.35. The molecule has 2 atom stereocenters. The fraction of sp³-hybridized carbons (Fsp3) is 0.600. The lowest BCUT2D eigenvalue weighted by molar-refractivity contribution is -0.117. The first kappa shape index (κ1) is 22.0. The van der Waals surface area contributed by atoms with Gasteiger partial charge in [0.2, 0.25) is 5.91 Å². The molecular weight excluding hydrogens is 412 g/mol. The Morgan fingerprint density at radius 1 is 1.14 bits per heavy atom. The van der Waals surface area contributed by atoms with Crippen LogP contribution < -0.4 is 14.4 Å². The summed E-state index contributed by atoms with van der Waals surface area (Å²) in [7, 11) is -3.11. The van der Waals surface area contributed by atoms with E-state index in [1.54, 1.807) is 6.92 Å². The third-order valence-corrected chi connectivity index (χ3v) is 7.93. The van der Waals surface area contributed by atoms with E-state index in [9.17, 15) is 13.2 Å². The number of benzene rings is 1. The topological polar surface area (TPSA) is 85.3 Å². The number of ether oxygens (including phenoxy) is 2. The quantitative estimate of drug-likeness (QED) is 0.613. The summed E-state index contributed by atoms with van der Waals surface area (Å²) >= 11 is 1.38. The van der Waals surface area contributed by atoms with Gasteiger partial charge in [0.15, 0.2) is 26.5 Å². The van der Waals surface area contributed by atoms with E-state index < -0.39 is 9.84 Å². The van der Waals surface area contributed by atoms with Crippen LogP contribution in [0.5, 0.6) is 11.5 Å². The van der Waals surface area contributed by atoms with Crippen molar-refractivity contribution in [2.75, 3.05) is 29.6 Å². The number of amides is 1. The maximum Gasteiger partial charge on any atom is 0.247 e. The number of hydrogen-bond donors (Lipinski definition) is 0. The standard InChI is InChI=1S/C20H28N2O5S2/c1-4-9-26-16-8-7-14(11-17(16)27-10-5-2)22-15-12-29(24,25)13-18(15)28-20(22)21-19(23)6-3/h7-8,11,15,18H,4-6,9-10,12-13H2,1-3H3. The summed E-state index contributed by atoms with van der Waals surface area (Å²) in [6.45, 7) is 6.97. The van der Waals surface area contributed by atoms with Crippen molar-refractivity contribution in [2.45, 2.75) is 51.3 Å². The van der Waals surface area contributed by atoms with Crippen molar-refractivity contribution in [2.24, 2.45) is 4.99 Å². The van der Waals surface area contributed by atoms with E-state index in [1.165, 1.54) is 11.8 Å². The van der Waals surface area contributed by atoms with Crippen LogP contribution in [-0.4, -0.2) is 55.5 Å². The number of carbonyl (C=O) groups excluding carboxylic acids is 1. The lowest BCUT2D eigenvalue weighted by atomic mass is 10.2. The van der Waals surface area contributed by atoms with E-state index >= 15 is 0 Å². The summed E-state index contributed by atoms with van der Waals surface area (Å²) in [5, 5.41) is 0.435. The predicted octanol–water partition coefficient (Wildman–Crippen LogP) is 3.28. The van der Waals surface area contributed by atoms with E-state index in [1.807, 2.05) is 36.9 Å². The number of amidine groups is 1. The highest BCUT2D eigenvalue weighted by atomic mass is 32.2. The second kappa shape index (κ2) is 9.38. The number of hydrogen-bond acceptors (Lipinski definition) is 6. The summed E-state index contributed by atoms with van der Waals surface area (Å²) in [4.78, 5) is 18.1. The van der Waals surface area contributed by atoms with Crippen LogP contribution in [0.3, 0.4) is 0 Å². The van der Waals surface area contributed by atoms with Crippen molar-refractivity contribution in [1.82, 2.24) is 0 Å². The third kappa shape index (κ3) is 5.06. The summed E-state index contributed by atoms with van der Waals surface area (Å²) < 4.78 is 36.1. The maximum absolute atomic E-state index is 12.2. The zero-order valence-corrected chi connectivity index (χ0v) is 18.7. The van der Waals surface area contributed by atoms with Crippen LogP contribution in [0, 0.1) is 0 Å². The van der Waals surface area contributed by atoms with Gasteiger partial charge in [-0.15, -0.1) is 0 Å². The Labute approximate surface area is 176 Å². The van der Waals surface area contributed by atoms with Crippen molar-refractivity contribution in [3.63, 3.8) is 0 Å². The minimum atomic E-state index is -3.11. The van der Waals surface area contributed by atoms with Gasteiger partial charge in [0, 0.05) is 23.4 Å². The molecule has 160 valence electrons. The Morgan fingerprint density at radius 2 is 1.83 bits per heavy atom. The largest absolute Gasteiger partial charge is 0.490 e. The van der Waals surface area contributed by atoms with Gasteiger partial charge in [-0.1, -0.05) is 32.5 Å². The average Bonchev–Trinajstić information content (AvgIpc) is 3.15. The molecule has 0 aromatic heterocycles. The van der Waals surface area contributed by atoms with Crippen LogP contribution in [0.2, 0.25) is 0 Å². The second-order valence-electron chi connectivity index (χ2n) is 7.14. The third-order valence-electron chi connectivity index (χ3n) is 4.72. The zero-order chi connectivity index (χ0) is 21.0. The monoisotopic (exact) mass is 440 g/mol. The molecule has 0 N–H and O–H groups in total. The Hall–Kier alpha value is -1.74. The number of aliphatic imine (C=N–C) groups is 1. The highest BCUT2D eigenvalue weighted by molar-refractivity contribution is 8.16. The molecule has 7 nitrogen and oxygen atoms in total. The fourth-order valence-corrected chi connectivity index (χ4v) is 7.29. The number of sulfone groups is 1. The maximum atomic E-state index is 12.2. The number of anilines is 1. The molecule has 0 aliphatic carbocycles. The minimum absolute atomic E-state index is 0.0588. The van der Waals surface area contributed by atoms with Gasteiger partial charge in [0.05, 0.1) is 30.8 Å². The van der Waals surface area contributed by atoms with Gasteiger partial charge in [-0.2, -0.15) is 4.99 Å². The molecule has 3 rings (SSSR count). The van der Waals surface area contributed by atoms with Crippen molar-refractivity contribution >= 4 is 38.4 Å². The smallest absolute Gasteiger partial charge is 0.247 e. The van der Waals surface area contributed by atoms with Crippen LogP contribution in [0.15, 0.2) is 23.2 Å². The molecule has 9 heteroatoms. The number of thioether (sulfide) groups is 1. The van der Waals surface area contributed by atoms with Crippen LogP contribution >= 0.6 is 11.8 Å².